The van der Waals surface area contributed by atoms with Gasteiger partial charge < -0.3 is 21.1 Å². The molecule has 0 spiro atoms. The van der Waals surface area contributed by atoms with Crippen LogP contribution in [0.3, 0.4) is 0 Å². The molecule has 116 valence electrons. The molecule has 0 saturated carbocycles. The molecule has 21 heavy (non-hydrogen) atoms. The molecule has 1 heterocycles. The highest BCUT2D eigenvalue weighted by Crippen LogP contribution is 2.26. The van der Waals surface area contributed by atoms with E-state index in [4.69, 9.17) is 10.5 Å². The monoisotopic (exact) mass is 313 g/mol. The number of benzene rings is 1. The van der Waals surface area contributed by atoms with Gasteiger partial charge in [-0.25, -0.2) is 0 Å². The van der Waals surface area contributed by atoms with Gasteiger partial charge in [-0.3, -0.25) is 9.59 Å². The zero-order valence-corrected chi connectivity index (χ0v) is 12.7. The van der Waals surface area contributed by atoms with Crippen molar-refractivity contribution in [2.75, 3.05) is 24.3 Å². The van der Waals surface area contributed by atoms with E-state index < -0.39 is 0 Å². The molecule has 6 nitrogen and oxygen atoms in total. The Morgan fingerprint density at radius 2 is 2.24 bits per heavy atom. The minimum atomic E-state index is -0.285. The van der Waals surface area contributed by atoms with Gasteiger partial charge in [-0.2, -0.15) is 0 Å². The van der Waals surface area contributed by atoms with Crippen molar-refractivity contribution in [1.82, 2.24) is 0 Å². The zero-order chi connectivity index (χ0) is 14.5. The first-order valence-electron chi connectivity index (χ1n) is 6.58. The van der Waals surface area contributed by atoms with E-state index in [1.54, 1.807) is 6.07 Å². The number of aryl methyl sites for hydroxylation is 1. The maximum Gasteiger partial charge on any atom is 0.227 e. The number of carbonyl (C=O) groups is 2. The Hall–Kier alpha value is -1.63. The molecular formula is C14H20ClN3O3. The van der Waals surface area contributed by atoms with Crippen LogP contribution in [0.2, 0.25) is 0 Å². The summed E-state index contributed by atoms with van der Waals surface area (Å²) in [5, 5.41) is 5.58. The Balaban J connectivity index is 0.00000220. The van der Waals surface area contributed by atoms with Gasteiger partial charge in [0.15, 0.2) is 0 Å². The van der Waals surface area contributed by atoms with Crippen LogP contribution in [-0.2, 0) is 20.7 Å². The first-order chi connectivity index (χ1) is 9.62. The maximum atomic E-state index is 11.8. The minimum Gasteiger partial charge on any atom is -0.380 e. The summed E-state index contributed by atoms with van der Waals surface area (Å²) in [7, 11) is 1.53. The lowest BCUT2D eigenvalue weighted by atomic mass is 10.0. The molecule has 0 aromatic heterocycles. The Kier molecular flexibility index (Phi) is 6.61. The molecule has 0 bridgehead atoms. The molecule has 1 aliphatic rings. The van der Waals surface area contributed by atoms with Gasteiger partial charge >= 0.3 is 0 Å². The first-order valence-corrected chi connectivity index (χ1v) is 6.58. The van der Waals surface area contributed by atoms with Gasteiger partial charge in [0.05, 0.1) is 12.5 Å². The number of hydrogen-bond acceptors (Lipinski definition) is 4. The van der Waals surface area contributed by atoms with Crippen LogP contribution in [0, 0.1) is 0 Å². The molecule has 1 aliphatic heterocycles. The number of anilines is 2. The van der Waals surface area contributed by atoms with Crippen molar-refractivity contribution >= 4 is 35.6 Å². The fourth-order valence-corrected chi connectivity index (χ4v) is 2.13. The summed E-state index contributed by atoms with van der Waals surface area (Å²) in [4.78, 5) is 23.2. The van der Waals surface area contributed by atoms with Crippen LogP contribution >= 0.6 is 12.4 Å². The van der Waals surface area contributed by atoms with Gasteiger partial charge in [0.2, 0.25) is 11.8 Å². The minimum absolute atomic E-state index is 0. The fraction of sp³-hybridized carbons (Fsp3) is 0.429. The number of halogens is 1. The average molecular weight is 314 g/mol. The van der Waals surface area contributed by atoms with E-state index in [0.29, 0.717) is 18.7 Å². The molecule has 4 N–H and O–H groups in total. The average Bonchev–Trinajstić information content (AvgIpc) is 2.44. The Morgan fingerprint density at radius 1 is 1.48 bits per heavy atom. The number of hydrogen-bond donors (Lipinski definition) is 3. The van der Waals surface area contributed by atoms with Crippen molar-refractivity contribution in [3.63, 3.8) is 0 Å². The number of nitrogens with one attached hydrogen (secondary N) is 2. The van der Waals surface area contributed by atoms with E-state index in [1.807, 2.05) is 12.1 Å². The lowest BCUT2D eigenvalue weighted by molar-refractivity contribution is -0.118. The second-order valence-electron chi connectivity index (χ2n) is 4.77. The zero-order valence-electron chi connectivity index (χ0n) is 11.8. The van der Waals surface area contributed by atoms with Crippen LogP contribution in [0.1, 0.15) is 18.4 Å². The molecule has 2 rings (SSSR count). The molecule has 1 aromatic rings. The van der Waals surface area contributed by atoms with Crippen LogP contribution in [0.15, 0.2) is 18.2 Å². The van der Waals surface area contributed by atoms with Gasteiger partial charge in [-0.15, -0.1) is 12.4 Å². The van der Waals surface area contributed by atoms with E-state index in [0.717, 1.165) is 17.7 Å². The van der Waals surface area contributed by atoms with E-state index >= 15 is 0 Å². The lowest BCUT2D eigenvalue weighted by Crippen LogP contribution is -2.28. The molecule has 1 unspecified atom stereocenters. The molecule has 2 amide bonds. The number of fused-ring (bicyclic) bond motifs is 1. The molecule has 0 saturated heterocycles. The highest BCUT2D eigenvalue weighted by Gasteiger charge is 2.16. The Bertz CT molecular complexity index is 518. The SMILES string of the molecule is COC(CN)CC(=O)Nc1ccc2c(c1)NC(=O)CC2.Cl. The van der Waals surface area contributed by atoms with Gasteiger partial charge in [0.1, 0.15) is 0 Å². The third kappa shape index (κ3) is 4.70. The van der Waals surface area contributed by atoms with Crippen molar-refractivity contribution in [3.05, 3.63) is 23.8 Å². The van der Waals surface area contributed by atoms with E-state index in [1.165, 1.54) is 7.11 Å². The second-order valence-corrected chi connectivity index (χ2v) is 4.77. The largest absolute Gasteiger partial charge is 0.380 e. The van der Waals surface area contributed by atoms with Gasteiger partial charge in [-0.1, -0.05) is 6.07 Å². The van der Waals surface area contributed by atoms with Gasteiger partial charge in [0.25, 0.3) is 0 Å². The van der Waals surface area contributed by atoms with Crippen LogP contribution in [-0.4, -0.2) is 31.6 Å². The van der Waals surface area contributed by atoms with E-state index in [-0.39, 0.29) is 36.7 Å². The number of methoxy groups -OCH3 is 1. The molecular weight excluding hydrogens is 294 g/mol. The fourth-order valence-electron chi connectivity index (χ4n) is 2.13. The highest BCUT2D eigenvalue weighted by molar-refractivity contribution is 5.96. The summed E-state index contributed by atoms with van der Waals surface area (Å²) in [5.74, 6) is -0.159. The van der Waals surface area contributed by atoms with Crippen LogP contribution in [0.5, 0.6) is 0 Å². The predicted molar refractivity (Wildman–Crippen MR) is 83.7 cm³/mol. The van der Waals surface area contributed by atoms with Crippen LogP contribution < -0.4 is 16.4 Å². The maximum absolute atomic E-state index is 11.8. The lowest BCUT2D eigenvalue weighted by Gasteiger charge is -2.18. The smallest absolute Gasteiger partial charge is 0.227 e. The third-order valence-corrected chi connectivity index (χ3v) is 3.30. The van der Waals surface area contributed by atoms with Gasteiger partial charge in [0, 0.05) is 31.5 Å². The second kappa shape index (κ2) is 7.97. The quantitative estimate of drug-likeness (QED) is 0.763. The van der Waals surface area contributed by atoms with Crippen LogP contribution in [0.4, 0.5) is 11.4 Å². The topological polar surface area (TPSA) is 93.4 Å². The molecule has 1 atom stereocenters. The van der Waals surface area contributed by atoms with Crippen molar-refractivity contribution in [1.29, 1.82) is 0 Å². The molecule has 0 fully saturated rings. The van der Waals surface area contributed by atoms with Crippen molar-refractivity contribution in [2.45, 2.75) is 25.4 Å². The summed E-state index contributed by atoms with van der Waals surface area (Å²) >= 11 is 0. The Labute approximate surface area is 129 Å². The van der Waals surface area contributed by atoms with Crippen LogP contribution in [0.25, 0.3) is 0 Å². The number of amides is 2. The van der Waals surface area contributed by atoms with Crippen molar-refractivity contribution in [2.24, 2.45) is 5.73 Å². The standard InChI is InChI=1S/C14H19N3O3.ClH/c1-20-11(8-15)7-14(19)16-10-4-2-9-3-5-13(18)17-12(9)6-10;/h2,4,6,11H,3,5,7-8,15H2,1H3,(H,16,19)(H,17,18);1H. The summed E-state index contributed by atoms with van der Waals surface area (Å²) in [6, 6.07) is 5.52. The number of ether oxygens (including phenoxy) is 1. The number of nitrogens with two attached hydrogens (primary N) is 1. The predicted octanol–water partition coefficient (Wildman–Crippen LogP) is 1.30. The molecule has 0 aliphatic carbocycles. The first kappa shape index (κ1) is 17.4. The summed E-state index contributed by atoms with van der Waals surface area (Å²) in [5.41, 5.74) is 7.98. The third-order valence-electron chi connectivity index (χ3n) is 3.30. The van der Waals surface area contributed by atoms with E-state index in [2.05, 4.69) is 10.6 Å². The molecule has 7 heteroatoms. The summed E-state index contributed by atoms with van der Waals surface area (Å²) < 4.78 is 5.07. The molecule has 0 radical (unpaired) electrons. The normalized spacial score (nSPS) is 14.5. The summed E-state index contributed by atoms with van der Waals surface area (Å²) in [6.45, 7) is 0.296. The van der Waals surface area contributed by atoms with Crippen molar-refractivity contribution in [3.8, 4) is 0 Å². The Morgan fingerprint density at radius 3 is 2.90 bits per heavy atom. The summed E-state index contributed by atoms with van der Waals surface area (Å²) in [6.07, 6.45) is 1.16. The number of rotatable bonds is 5. The number of carbonyl (C=O) groups excluding carboxylic acids is 2. The highest BCUT2D eigenvalue weighted by atomic mass is 35.5. The van der Waals surface area contributed by atoms with Gasteiger partial charge in [-0.05, 0) is 24.1 Å². The molecule has 1 aromatic carbocycles. The van der Waals surface area contributed by atoms with E-state index in [9.17, 15) is 9.59 Å². The van der Waals surface area contributed by atoms with Crippen molar-refractivity contribution < 1.29 is 14.3 Å².